The topological polar surface area (TPSA) is 65.3 Å². The van der Waals surface area contributed by atoms with E-state index in [9.17, 15) is 10.1 Å². The molecule has 1 heterocycles. The zero-order valence-electron chi connectivity index (χ0n) is 8.61. The predicted octanol–water partition coefficient (Wildman–Crippen LogP) is 3.57. The van der Waals surface area contributed by atoms with E-state index in [2.05, 4.69) is 20.9 Å². The quantitative estimate of drug-likeness (QED) is 0.627. The number of aromatic nitrogens is 1. The number of hydrogen-bond donors (Lipinski definition) is 0. The van der Waals surface area contributed by atoms with Crippen LogP contribution in [-0.4, -0.2) is 17.0 Å². The third kappa shape index (κ3) is 1.94. The Morgan fingerprint density at radius 2 is 2.24 bits per heavy atom. The fourth-order valence-corrected chi connectivity index (χ4v) is 2.23. The van der Waals surface area contributed by atoms with Crippen LogP contribution in [0.1, 0.15) is 0 Å². The van der Waals surface area contributed by atoms with E-state index in [0.29, 0.717) is 21.1 Å². The van der Waals surface area contributed by atoms with Crippen LogP contribution < -0.4 is 4.74 Å². The van der Waals surface area contributed by atoms with E-state index in [0.717, 1.165) is 6.20 Å². The Kier molecular flexibility index (Phi) is 3.17. The third-order valence-corrected chi connectivity index (χ3v) is 3.29. The second kappa shape index (κ2) is 4.46. The van der Waals surface area contributed by atoms with E-state index in [1.54, 1.807) is 12.1 Å². The normalized spacial score (nSPS) is 10.5. The maximum atomic E-state index is 10.8. The van der Waals surface area contributed by atoms with Gasteiger partial charge in [-0.2, -0.15) is 0 Å². The van der Waals surface area contributed by atoms with Gasteiger partial charge in [0.05, 0.1) is 22.9 Å². The van der Waals surface area contributed by atoms with Crippen molar-refractivity contribution in [3.8, 4) is 5.75 Å². The maximum Gasteiger partial charge on any atom is 0.306 e. The van der Waals surface area contributed by atoms with Crippen molar-refractivity contribution < 1.29 is 9.66 Å². The lowest BCUT2D eigenvalue weighted by molar-refractivity contribution is -0.384. The molecule has 0 saturated carbocycles. The van der Waals surface area contributed by atoms with Crippen molar-refractivity contribution in [3.63, 3.8) is 0 Å². The van der Waals surface area contributed by atoms with Crippen molar-refractivity contribution in [1.29, 1.82) is 0 Å². The van der Waals surface area contributed by atoms with Crippen molar-refractivity contribution in [2.45, 2.75) is 0 Å². The van der Waals surface area contributed by atoms with Crippen LogP contribution in [0.2, 0.25) is 5.02 Å². The molecule has 0 fully saturated rings. The minimum absolute atomic E-state index is 0.0261. The maximum absolute atomic E-state index is 10.8. The first-order valence-electron chi connectivity index (χ1n) is 4.51. The number of pyridine rings is 1. The second-order valence-electron chi connectivity index (χ2n) is 3.19. The Hall–Kier alpha value is -1.40. The highest BCUT2D eigenvalue weighted by Crippen LogP contribution is 2.39. The zero-order chi connectivity index (χ0) is 12.6. The van der Waals surface area contributed by atoms with Gasteiger partial charge in [-0.3, -0.25) is 10.1 Å². The van der Waals surface area contributed by atoms with Gasteiger partial charge in [0.25, 0.3) is 0 Å². The lowest BCUT2D eigenvalue weighted by atomic mass is 10.2. The number of fused-ring (bicyclic) bond motifs is 1. The van der Waals surface area contributed by atoms with Crippen molar-refractivity contribution in [1.82, 2.24) is 4.98 Å². The van der Waals surface area contributed by atoms with Gasteiger partial charge < -0.3 is 4.74 Å². The fourth-order valence-electron chi connectivity index (χ4n) is 1.49. The van der Waals surface area contributed by atoms with Gasteiger partial charge >= 0.3 is 5.69 Å². The van der Waals surface area contributed by atoms with Gasteiger partial charge in [-0.15, -0.1) is 0 Å². The smallest absolute Gasteiger partial charge is 0.306 e. The molecule has 7 heteroatoms. The zero-order valence-corrected chi connectivity index (χ0v) is 10.9. The Morgan fingerprint density at radius 3 is 2.82 bits per heavy atom. The van der Waals surface area contributed by atoms with Gasteiger partial charge in [-0.1, -0.05) is 11.6 Å². The minimum Gasteiger partial charge on any atom is -0.496 e. The Morgan fingerprint density at radius 1 is 1.53 bits per heavy atom. The Bertz CT molecular complexity index is 618. The molecular weight excluding hydrogens is 311 g/mol. The molecule has 0 aliphatic carbocycles. The van der Waals surface area contributed by atoms with Crippen LogP contribution in [0.15, 0.2) is 22.8 Å². The molecule has 1 aromatic heterocycles. The van der Waals surface area contributed by atoms with Crippen LogP contribution >= 0.6 is 27.5 Å². The van der Waals surface area contributed by atoms with Crippen molar-refractivity contribution in [2.75, 3.05) is 7.11 Å². The number of methoxy groups -OCH3 is 1. The van der Waals surface area contributed by atoms with Gasteiger partial charge in [-0.25, -0.2) is 4.98 Å². The van der Waals surface area contributed by atoms with Gasteiger partial charge in [0.15, 0.2) is 0 Å². The molecule has 0 spiro atoms. The fraction of sp³-hybridized carbons (Fsp3) is 0.100. The molecule has 17 heavy (non-hydrogen) atoms. The van der Waals surface area contributed by atoms with E-state index >= 15 is 0 Å². The number of hydrogen-bond acceptors (Lipinski definition) is 4. The van der Waals surface area contributed by atoms with Crippen LogP contribution in [0, 0.1) is 10.1 Å². The summed E-state index contributed by atoms with van der Waals surface area (Å²) in [5.74, 6) is 0.449. The predicted molar refractivity (Wildman–Crippen MR) is 67.7 cm³/mol. The number of halogens is 2. The summed E-state index contributed by atoms with van der Waals surface area (Å²) < 4.78 is 5.83. The van der Waals surface area contributed by atoms with Crippen LogP contribution in [0.4, 0.5) is 5.69 Å². The highest BCUT2D eigenvalue weighted by molar-refractivity contribution is 9.10. The molecule has 0 unspecified atom stereocenters. The molecule has 0 bridgehead atoms. The molecule has 0 aliphatic heterocycles. The summed E-state index contributed by atoms with van der Waals surface area (Å²) in [7, 11) is 1.47. The van der Waals surface area contributed by atoms with Crippen LogP contribution in [0.3, 0.4) is 0 Å². The van der Waals surface area contributed by atoms with Crippen molar-refractivity contribution in [2.24, 2.45) is 0 Å². The highest BCUT2D eigenvalue weighted by atomic mass is 79.9. The minimum atomic E-state index is -0.574. The molecule has 88 valence electrons. The molecule has 0 N–H and O–H groups in total. The SMILES string of the molecule is COc1ccc(Br)c2ncc([N+](=O)[O-])c(Cl)c12. The first-order chi connectivity index (χ1) is 8.06. The lowest BCUT2D eigenvalue weighted by Crippen LogP contribution is -1.94. The van der Waals surface area contributed by atoms with Gasteiger partial charge in [-0.05, 0) is 28.1 Å². The standard InChI is InChI=1S/C10H6BrClN2O3/c1-17-7-3-2-5(11)10-8(7)9(12)6(4-13-10)14(15)16/h2-4H,1H3. The average molecular weight is 318 g/mol. The molecule has 1 aromatic carbocycles. The molecule has 0 amide bonds. The van der Waals surface area contributed by atoms with Crippen LogP contribution in [0.5, 0.6) is 5.75 Å². The average Bonchev–Trinajstić information content (AvgIpc) is 2.30. The third-order valence-electron chi connectivity index (χ3n) is 2.27. The summed E-state index contributed by atoms with van der Waals surface area (Å²) >= 11 is 9.32. The van der Waals surface area contributed by atoms with E-state index in [1.807, 2.05) is 0 Å². The van der Waals surface area contributed by atoms with Crippen molar-refractivity contribution in [3.05, 3.63) is 37.9 Å². The summed E-state index contributed by atoms with van der Waals surface area (Å²) in [6, 6.07) is 3.42. The van der Waals surface area contributed by atoms with Gasteiger partial charge in [0, 0.05) is 4.47 Å². The van der Waals surface area contributed by atoms with Crippen LogP contribution in [-0.2, 0) is 0 Å². The molecule has 0 aliphatic rings. The number of ether oxygens (including phenoxy) is 1. The molecule has 2 aromatic rings. The number of nitro groups is 1. The first-order valence-corrected chi connectivity index (χ1v) is 5.68. The second-order valence-corrected chi connectivity index (χ2v) is 4.42. The largest absolute Gasteiger partial charge is 0.496 e. The summed E-state index contributed by atoms with van der Waals surface area (Å²) in [4.78, 5) is 14.2. The summed E-state index contributed by atoms with van der Waals surface area (Å²) in [6.07, 6.45) is 1.13. The van der Waals surface area contributed by atoms with E-state index in [-0.39, 0.29) is 10.7 Å². The van der Waals surface area contributed by atoms with E-state index in [1.165, 1.54) is 7.11 Å². The lowest BCUT2D eigenvalue weighted by Gasteiger charge is -2.07. The van der Waals surface area contributed by atoms with Crippen molar-refractivity contribution >= 4 is 44.1 Å². The molecule has 0 atom stereocenters. The molecule has 0 radical (unpaired) electrons. The molecule has 0 saturated heterocycles. The number of benzene rings is 1. The number of nitrogens with zero attached hydrogens (tertiary/aromatic N) is 2. The van der Waals surface area contributed by atoms with Gasteiger partial charge in [0.1, 0.15) is 17.0 Å². The van der Waals surface area contributed by atoms with Gasteiger partial charge in [0.2, 0.25) is 0 Å². The number of rotatable bonds is 2. The van der Waals surface area contributed by atoms with E-state index < -0.39 is 4.92 Å². The van der Waals surface area contributed by atoms with E-state index in [4.69, 9.17) is 16.3 Å². The summed E-state index contributed by atoms with van der Waals surface area (Å²) in [5.41, 5.74) is 0.288. The Labute approximate surface area is 110 Å². The molecular formula is C10H6BrClN2O3. The summed E-state index contributed by atoms with van der Waals surface area (Å²) in [5, 5.41) is 11.2. The molecule has 2 rings (SSSR count). The summed E-state index contributed by atoms with van der Waals surface area (Å²) in [6.45, 7) is 0. The Balaban J connectivity index is 2.92. The highest BCUT2D eigenvalue weighted by Gasteiger charge is 2.20. The first kappa shape index (κ1) is 12.1. The van der Waals surface area contributed by atoms with Crippen LogP contribution in [0.25, 0.3) is 10.9 Å². The monoisotopic (exact) mass is 316 g/mol. The molecule has 5 nitrogen and oxygen atoms in total.